The number of fused-ring (bicyclic) bond motifs is 4. The molecule has 0 saturated heterocycles. The Morgan fingerprint density at radius 1 is 0.442 bits per heavy atom. The summed E-state index contributed by atoms with van der Waals surface area (Å²) < 4.78 is 51.9. The van der Waals surface area contributed by atoms with Crippen molar-refractivity contribution in [2.45, 2.75) is 19.1 Å². The fraction of sp³-hybridized carbons (Fsp3) is 0.0732. The van der Waals surface area contributed by atoms with Crippen LogP contribution in [0.3, 0.4) is 0 Å². The second kappa shape index (κ2) is 9.89. The molecule has 2 nitrogen and oxygen atoms in total. The van der Waals surface area contributed by atoms with E-state index < -0.39 is 19.1 Å². The Morgan fingerprint density at radius 2 is 1.02 bits per heavy atom. The molecule has 0 amide bonds. The van der Waals surface area contributed by atoms with E-state index in [0.29, 0.717) is 28.1 Å². The number of hydrogen-bond acceptors (Lipinski definition) is 2. The molecular formula is C41H30N2. The van der Waals surface area contributed by atoms with Crippen LogP contribution < -0.4 is 0 Å². The van der Waals surface area contributed by atoms with Crippen molar-refractivity contribution in [1.82, 2.24) is 9.97 Å². The van der Waals surface area contributed by atoms with E-state index in [1.165, 1.54) is 0 Å². The van der Waals surface area contributed by atoms with Crippen LogP contribution in [0.4, 0.5) is 0 Å². The molecule has 1 heterocycles. The van der Waals surface area contributed by atoms with Gasteiger partial charge < -0.3 is 0 Å². The molecule has 8 rings (SSSR count). The van der Waals surface area contributed by atoms with Gasteiger partial charge >= 0.3 is 0 Å². The van der Waals surface area contributed by atoms with E-state index in [1.807, 2.05) is 121 Å². The predicted molar refractivity (Wildman–Crippen MR) is 179 cm³/mol. The number of nitrogens with zero attached hydrogens (tertiary/aromatic N) is 2. The number of rotatable bonds is 4. The summed E-state index contributed by atoms with van der Waals surface area (Å²) in [7, 11) is 0. The van der Waals surface area contributed by atoms with Crippen LogP contribution in [0.5, 0.6) is 0 Å². The maximum absolute atomic E-state index is 8.64. The minimum absolute atomic E-state index is 0.301. The van der Waals surface area contributed by atoms with Crippen LogP contribution >= 0.6 is 0 Å². The highest BCUT2D eigenvalue weighted by Crippen LogP contribution is 2.50. The Morgan fingerprint density at radius 3 is 1.79 bits per heavy atom. The van der Waals surface area contributed by atoms with Crippen LogP contribution in [0.2, 0.25) is 0 Å². The van der Waals surface area contributed by atoms with Crippen LogP contribution in [-0.2, 0) is 5.41 Å². The highest BCUT2D eigenvalue weighted by Gasteiger charge is 2.35. The van der Waals surface area contributed by atoms with E-state index in [9.17, 15) is 0 Å². The summed E-state index contributed by atoms with van der Waals surface area (Å²) in [4.78, 5) is 10.0. The maximum atomic E-state index is 8.64. The fourth-order valence-corrected chi connectivity index (χ4v) is 6.28. The van der Waals surface area contributed by atoms with E-state index >= 15 is 0 Å². The van der Waals surface area contributed by atoms with Gasteiger partial charge in [0.05, 0.1) is 11.4 Å². The zero-order chi connectivity index (χ0) is 34.0. The monoisotopic (exact) mass is 556 g/mol. The smallest absolute Gasteiger partial charge is 0.160 e. The first-order valence-corrected chi connectivity index (χ1v) is 14.3. The molecule has 6 aromatic carbocycles. The Balaban J connectivity index is 1.34. The quantitative estimate of drug-likeness (QED) is 0.215. The Hall–Kier alpha value is -5.34. The van der Waals surface area contributed by atoms with Crippen LogP contribution in [0.25, 0.3) is 66.9 Å². The molecule has 0 atom stereocenters. The van der Waals surface area contributed by atoms with E-state index in [4.69, 9.17) is 18.2 Å². The van der Waals surface area contributed by atoms with E-state index in [0.717, 1.165) is 50.0 Å². The van der Waals surface area contributed by atoms with Crippen molar-refractivity contribution < 1.29 is 8.22 Å². The highest BCUT2D eigenvalue weighted by atomic mass is 14.9. The average Bonchev–Trinajstić information content (AvgIpc) is 3.43. The largest absolute Gasteiger partial charge is 0.228 e. The van der Waals surface area contributed by atoms with Gasteiger partial charge in [-0.1, -0.05) is 147 Å². The average molecular weight is 557 g/mol. The summed E-state index contributed by atoms with van der Waals surface area (Å²) in [5, 5.41) is 1.89. The van der Waals surface area contributed by atoms with Gasteiger partial charge in [-0.3, -0.25) is 0 Å². The third-order valence-electron chi connectivity index (χ3n) is 8.38. The third kappa shape index (κ3) is 4.18. The van der Waals surface area contributed by atoms with Crippen LogP contribution in [0, 0.1) is 0 Å². The molecule has 2 heteroatoms. The van der Waals surface area contributed by atoms with E-state index in [-0.39, 0.29) is 0 Å². The van der Waals surface area contributed by atoms with Gasteiger partial charge in [0, 0.05) is 30.3 Å². The van der Waals surface area contributed by atoms with Gasteiger partial charge in [-0.25, -0.2) is 9.97 Å². The predicted octanol–water partition coefficient (Wildman–Crippen LogP) is 10.6. The molecule has 1 aromatic heterocycles. The molecular weight excluding hydrogens is 520 g/mol. The van der Waals surface area contributed by atoms with Gasteiger partial charge in [0.1, 0.15) is 0 Å². The summed E-state index contributed by atoms with van der Waals surface area (Å²) in [6.45, 7) is -5.66. The van der Waals surface area contributed by atoms with Crippen LogP contribution in [0.15, 0.2) is 146 Å². The van der Waals surface area contributed by atoms with Crippen LogP contribution in [0.1, 0.15) is 33.1 Å². The third-order valence-corrected chi connectivity index (χ3v) is 8.38. The van der Waals surface area contributed by atoms with Crippen molar-refractivity contribution in [2.75, 3.05) is 0 Å². The first-order valence-electron chi connectivity index (χ1n) is 17.3. The zero-order valence-corrected chi connectivity index (χ0v) is 23.3. The van der Waals surface area contributed by atoms with Crippen molar-refractivity contribution in [2.24, 2.45) is 0 Å². The number of benzene rings is 6. The normalized spacial score (nSPS) is 15.7. The number of aromatic nitrogens is 2. The van der Waals surface area contributed by atoms with Crippen LogP contribution in [-0.4, -0.2) is 9.97 Å². The molecule has 1 aliphatic rings. The van der Waals surface area contributed by atoms with Gasteiger partial charge in [-0.05, 0) is 56.3 Å². The molecule has 204 valence electrons. The van der Waals surface area contributed by atoms with Crippen molar-refractivity contribution in [3.63, 3.8) is 0 Å². The molecule has 0 radical (unpaired) electrons. The fourth-order valence-electron chi connectivity index (χ4n) is 6.28. The molecule has 0 unspecified atom stereocenters. The second-order valence-corrected chi connectivity index (χ2v) is 11.0. The SMILES string of the molecule is [2H]C([2H])([2H])C1(C([2H])([2H])[2H])c2ccccc2-c2ccc(-c3ccc(-c4cc(-c5ccccc5)nc(-c5ccccc5)n4)c4ccccc34)cc21. The van der Waals surface area contributed by atoms with E-state index in [2.05, 4.69) is 6.07 Å². The first kappa shape index (κ1) is 19.7. The molecule has 0 bridgehead atoms. The van der Waals surface area contributed by atoms with Gasteiger partial charge in [0.15, 0.2) is 5.82 Å². The number of hydrogen-bond donors (Lipinski definition) is 0. The lowest BCUT2D eigenvalue weighted by Crippen LogP contribution is -2.14. The minimum atomic E-state index is -2.83. The lowest BCUT2D eigenvalue weighted by Gasteiger charge is -2.22. The molecule has 0 spiro atoms. The highest BCUT2D eigenvalue weighted by molar-refractivity contribution is 6.05. The molecule has 43 heavy (non-hydrogen) atoms. The molecule has 7 aromatic rings. The molecule has 0 saturated carbocycles. The standard InChI is InChI=1S/C41H30N2/c1-41(2)36-20-12-11-19-33(36)34-22-21-29(25-37(34)41)30-23-24-35(32-18-10-9-17-31(30)32)39-26-38(27-13-5-3-6-14-27)42-40(43-39)28-15-7-4-8-16-28/h3-26H,1-2H3/i1D3,2D3. The zero-order valence-electron chi connectivity index (χ0n) is 29.3. The lowest BCUT2D eigenvalue weighted by atomic mass is 9.81. The van der Waals surface area contributed by atoms with E-state index in [1.54, 1.807) is 18.2 Å². The molecule has 0 N–H and O–H groups in total. The van der Waals surface area contributed by atoms with Crippen molar-refractivity contribution in [1.29, 1.82) is 0 Å². The van der Waals surface area contributed by atoms with Crippen molar-refractivity contribution in [3.05, 3.63) is 157 Å². The summed E-state index contributed by atoms with van der Waals surface area (Å²) in [6, 6.07) is 46.6. The minimum Gasteiger partial charge on any atom is -0.228 e. The topological polar surface area (TPSA) is 25.8 Å². The van der Waals surface area contributed by atoms with Gasteiger partial charge in [-0.15, -0.1) is 0 Å². The Bertz CT molecular complexity index is 2290. The summed E-state index contributed by atoms with van der Waals surface area (Å²) in [6.07, 6.45) is 0. The summed E-state index contributed by atoms with van der Waals surface area (Å²) in [5.41, 5.74) is 5.72. The summed E-state index contributed by atoms with van der Waals surface area (Å²) in [5.74, 6) is 0.619. The molecule has 0 aliphatic heterocycles. The Labute approximate surface area is 260 Å². The lowest BCUT2D eigenvalue weighted by molar-refractivity contribution is 0.660. The first-order chi connectivity index (χ1) is 23.6. The van der Waals surface area contributed by atoms with Crippen molar-refractivity contribution in [3.8, 4) is 56.2 Å². The van der Waals surface area contributed by atoms with Gasteiger partial charge in [0.25, 0.3) is 0 Å². The van der Waals surface area contributed by atoms with Gasteiger partial charge in [-0.2, -0.15) is 0 Å². The van der Waals surface area contributed by atoms with Gasteiger partial charge in [0.2, 0.25) is 0 Å². The molecule has 0 fully saturated rings. The Kier molecular flexibility index (Phi) is 4.54. The second-order valence-electron chi connectivity index (χ2n) is 11.0. The van der Waals surface area contributed by atoms with Crippen molar-refractivity contribution >= 4 is 10.8 Å². The molecule has 1 aliphatic carbocycles. The summed E-state index contributed by atoms with van der Waals surface area (Å²) >= 11 is 0. The maximum Gasteiger partial charge on any atom is 0.160 e.